The zero-order valence-corrected chi connectivity index (χ0v) is 8.55. The summed E-state index contributed by atoms with van der Waals surface area (Å²) in [5, 5.41) is 6.98. The number of aromatic nitrogens is 2. The van der Waals surface area contributed by atoms with Crippen LogP contribution in [0.2, 0.25) is 0 Å². The lowest BCUT2D eigenvalue weighted by molar-refractivity contribution is -0.739. The molecular formula is C7H11N4O4+. The third kappa shape index (κ3) is 2.29. The van der Waals surface area contributed by atoms with Gasteiger partial charge in [-0.1, -0.05) is 0 Å². The van der Waals surface area contributed by atoms with Gasteiger partial charge in [0.2, 0.25) is 0 Å². The average Bonchev–Trinajstić information content (AvgIpc) is 2.75. The molecule has 1 rings (SSSR count). The molecule has 0 radical (unpaired) electrons. The summed E-state index contributed by atoms with van der Waals surface area (Å²) >= 11 is 0. The van der Waals surface area contributed by atoms with E-state index in [1.807, 2.05) is 0 Å². The largest absolute Gasteiger partial charge is 0.434 e. The first-order chi connectivity index (χ1) is 7.10. The predicted molar refractivity (Wildman–Crippen MR) is 48.0 cm³/mol. The number of hydroxylamine groups is 2. The first kappa shape index (κ1) is 11.1. The molecule has 8 heteroatoms. The topological polar surface area (TPSA) is 87.5 Å². The highest BCUT2D eigenvalue weighted by molar-refractivity contribution is 5.91. The molecule has 0 spiro atoms. The highest BCUT2D eigenvalue weighted by atomic mass is 16.8. The number of nitrogens with one attached hydrogen (secondary N) is 1. The Morgan fingerprint density at radius 1 is 1.60 bits per heavy atom. The van der Waals surface area contributed by atoms with Gasteiger partial charge in [-0.3, -0.25) is 9.63 Å². The number of aromatic amines is 1. The van der Waals surface area contributed by atoms with Crippen molar-refractivity contribution in [3.8, 4) is 0 Å². The van der Waals surface area contributed by atoms with E-state index in [4.69, 9.17) is 0 Å². The molecule has 0 aliphatic heterocycles. The van der Waals surface area contributed by atoms with E-state index in [9.17, 15) is 9.70 Å². The fraction of sp³-hybridized carbons (Fsp3) is 0.429. The van der Waals surface area contributed by atoms with Crippen molar-refractivity contribution in [1.82, 2.24) is 15.3 Å². The Kier molecular flexibility index (Phi) is 3.34. The first-order valence-electron chi connectivity index (χ1n) is 3.99. The molecule has 0 bridgehead atoms. The lowest BCUT2D eigenvalue weighted by Gasteiger charge is -2.10. The maximum absolute atomic E-state index is 11.5. The summed E-state index contributed by atoms with van der Waals surface area (Å²) in [6.07, 6.45) is 0. The first-order valence-corrected chi connectivity index (χ1v) is 3.99. The third-order valence-corrected chi connectivity index (χ3v) is 1.71. The number of hydrogen-bond donors (Lipinski definition) is 1. The van der Waals surface area contributed by atoms with Crippen LogP contribution in [0, 0.1) is 4.91 Å². The van der Waals surface area contributed by atoms with Crippen molar-refractivity contribution < 1.29 is 19.4 Å². The number of amides is 1. The van der Waals surface area contributed by atoms with E-state index in [1.54, 1.807) is 0 Å². The number of carbonyl (C=O) groups excluding carboxylic acids is 1. The van der Waals surface area contributed by atoms with Crippen LogP contribution in [0.15, 0.2) is 6.07 Å². The molecule has 1 heterocycles. The zero-order valence-electron chi connectivity index (χ0n) is 8.55. The summed E-state index contributed by atoms with van der Waals surface area (Å²) in [6.45, 7) is 0. The summed E-state index contributed by atoms with van der Waals surface area (Å²) in [4.78, 5) is 31.6. The second-order valence-corrected chi connectivity index (χ2v) is 2.56. The molecule has 0 unspecified atom stereocenters. The monoisotopic (exact) mass is 215 g/mol. The molecule has 0 saturated carbocycles. The van der Waals surface area contributed by atoms with Gasteiger partial charge >= 0.3 is 5.82 Å². The van der Waals surface area contributed by atoms with E-state index in [1.165, 1.54) is 27.3 Å². The van der Waals surface area contributed by atoms with Gasteiger partial charge in [0.05, 0.1) is 18.3 Å². The molecule has 82 valence electrons. The smallest absolute Gasteiger partial charge is 0.302 e. The van der Waals surface area contributed by atoms with Gasteiger partial charge in [0.15, 0.2) is 10.6 Å². The van der Waals surface area contributed by atoms with Crippen LogP contribution in [0.1, 0.15) is 10.5 Å². The summed E-state index contributed by atoms with van der Waals surface area (Å²) in [7, 11) is 3.99. The van der Waals surface area contributed by atoms with Crippen molar-refractivity contribution in [2.75, 3.05) is 21.3 Å². The summed E-state index contributed by atoms with van der Waals surface area (Å²) in [5.74, 6) is -0.480. The van der Waals surface area contributed by atoms with Crippen LogP contribution in [0.5, 0.6) is 0 Å². The number of carbonyl (C=O) groups is 1. The van der Waals surface area contributed by atoms with Crippen LogP contribution in [0.3, 0.4) is 0 Å². The molecular weight excluding hydrogens is 204 g/mol. The maximum Gasteiger partial charge on any atom is 0.434 e. The standard InChI is InChI=1S/C7H10N4O4/c1-10(14-2)7(12)5-4-6(9-8-5)11(13)15-3/h4H,1-3H3/p+1. The lowest BCUT2D eigenvalue weighted by atomic mass is 10.4. The van der Waals surface area contributed by atoms with Gasteiger partial charge in [-0.05, 0) is 4.91 Å². The van der Waals surface area contributed by atoms with Crippen molar-refractivity contribution in [1.29, 1.82) is 0 Å². The van der Waals surface area contributed by atoms with Gasteiger partial charge < -0.3 is 4.84 Å². The quantitative estimate of drug-likeness (QED) is 0.715. The molecule has 0 aromatic carbocycles. The molecule has 1 amide bonds. The second kappa shape index (κ2) is 4.51. The van der Waals surface area contributed by atoms with E-state index in [0.717, 1.165) is 5.06 Å². The second-order valence-electron chi connectivity index (χ2n) is 2.56. The van der Waals surface area contributed by atoms with Crippen LogP contribution in [-0.4, -0.2) is 47.4 Å². The van der Waals surface area contributed by atoms with Gasteiger partial charge in [0.1, 0.15) is 7.11 Å². The normalized spacial score (nSPS) is 9.80. The Morgan fingerprint density at radius 3 is 2.80 bits per heavy atom. The summed E-state index contributed by atoms with van der Waals surface area (Å²) in [5.41, 5.74) is 0.132. The number of rotatable bonds is 4. The molecule has 0 saturated heterocycles. The van der Waals surface area contributed by atoms with E-state index in [-0.39, 0.29) is 16.4 Å². The van der Waals surface area contributed by atoms with Crippen molar-refractivity contribution in [3.63, 3.8) is 0 Å². The summed E-state index contributed by atoms with van der Waals surface area (Å²) in [6, 6.07) is 1.26. The molecule has 0 aliphatic carbocycles. The van der Waals surface area contributed by atoms with Crippen LogP contribution < -0.4 is 0 Å². The Hall–Kier alpha value is -1.96. The maximum atomic E-state index is 11.5. The van der Waals surface area contributed by atoms with Crippen molar-refractivity contribution in [2.45, 2.75) is 0 Å². The minimum absolute atomic E-state index is 0.0367. The van der Waals surface area contributed by atoms with Gasteiger partial charge in [0.25, 0.3) is 5.91 Å². The zero-order chi connectivity index (χ0) is 11.4. The molecule has 0 fully saturated rings. The van der Waals surface area contributed by atoms with E-state index < -0.39 is 5.91 Å². The Labute approximate surface area is 85.2 Å². The molecule has 8 nitrogen and oxygen atoms in total. The van der Waals surface area contributed by atoms with E-state index >= 15 is 0 Å². The van der Waals surface area contributed by atoms with Gasteiger partial charge in [0, 0.05) is 7.05 Å². The molecule has 15 heavy (non-hydrogen) atoms. The van der Waals surface area contributed by atoms with Gasteiger partial charge in [-0.2, -0.15) is 5.10 Å². The fourth-order valence-corrected chi connectivity index (χ4v) is 0.860. The highest BCUT2D eigenvalue weighted by Gasteiger charge is 2.23. The average molecular weight is 215 g/mol. The highest BCUT2D eigenvalue weighted by Crippen LogP contribution is 2.10. The van der Waals surface area contributed by atoms with Crippen LogP contribution in [0.4, 0.5) is 5.82 Å². The fourth-order valence-electron chi connectivity index (χ4n) is 0.860. The lowest BCUT2D eigenvalue weighted by Crippen LogP contribution is -2.25. The van der Waals surface area contributed by atoms with Crippen LogP contribution >= 0.6 is 0 Å². The number of H-pyrrole nitrogens is 1. The Morgan fingerprint density at radius 2 is 2.27 bits per heavy atom. The molecule has 1 aromatic heterocycles. The van der Waals surface area contributed by atoms with Crippen LogP contribution in [-0.2, 0) is 9.68 Å². The van der Waals surface area contributed by atoms with E-state index in [0.29, 0.717) is 0 Å². The third-order valence-electron chi connectivity index (χ3n) is 1.71. The van der Waals surface area contributed by atoms with Crippen molar-refractivity contribution in [2.24, 2.45) is 0 Å². The molecule has 0 aliphatic rings. The molecule has 0 atom stereocenters. The Bertz CT molecular complexity index is 375. The number of hydrogen-bond acceptors (Lipinski definition) is 5. The molecule has 1 N–H and O–H groups in total. The SMILES string of the molecule is CON(C)C(=O)c1cc([N+](=O)OC)n[nH]1. The summed E-state index contributed by atoms with van der Waals surface area (Å²) < 4.78 is 0. The minimum Gasteiger partial charge on any atom is -0.302 e. The number of nitrogens with zero attached hydrogens (tertiary/aromatic N) is 3. The minimum atomic E-state index is -0.444. The molecule has 1 aromatic rings. The van der Waals surface area contributed by atoms with Crippen molar-refractivity contribution >= 4 is 11.7 Å². The van der Waals surface area contributed by atoms with Gasteiger partial charge in [-0.15, -0.1) is 0 Å². The Balaban J connectivity index is 2.84. The van der Waals surface area contributed by atoms with Crippen LogP contribution in [0.25, 0.3) is 0 Å². The van der Waals surface area contributed by atoms with Crippen molar-refractivity contribution in [3.05, 3.63) is 16.7 Å². The van der Waals surface area contributed by atoms with Gasteiger partial charge in [-0.25, -0.2) is 5.06 Å². The predicted octanol–water partition coefficient (Wildman–Crippen LogP) is 0.0149. The van der Waals surface area contributed by atoms with E-state index in [2.05, 4.69) is 19.9 Å².